The highest BCUT2D eigenvalue weighted by atomic mass is 79.9. The fourth-order valence-corrected chi connectivity index (χ4v) is 3.06. The van der Waals surface area contributed by atoms with Crippen LogP contribution in [0.15, 0.2) is 15.0 Å². The van der Waals surface area contributed by atoms with E-state index in [1.54, 1.807) is 0 Å². The fourth-order valence-electron chi connectivity index (χ4n) is 2.14. The van der Waals surface area contributed by atoms with E-state index in [9.17, 15) is 8.78 Å². The normalized spacial score (nSPS) is 16.8. The van der Waals surface area contributed by atoms with E-state index >= 15 is 0 Å². The first-order valence-electron chi connectivity index (χ1n) is 6.21. The molecule has 1 aliphatic heterocycles. The zero-order chi connectivity index (χ0) is 13.8. The van der Waals surface area contributed by atoms with Crippen LogP contribution >= 0.6 is 31.9 Å². The molecular formula is C13H15Br2F2NO. The first-order valence-corrected chi connectivity index (χ1v) is 7.80. The van der Waals surface area contributed by atoms with Crippen LogP contribution in [0.25, 0.3) is 0 Å². The molecule has 106 valence electrons. The van der Waals surface area contributed by atoms with Gasteiger partial charge in [0.25, 0.3) is 0 Å². The summed E-state index contributed by atoms with van der Waals surface area (Å²) in [6.45, 7) is 4.29. The second kappa shape index (κ2) is 7.11. The Morgan fingerprint density at radius 1 is 1.21 bits per heavy atom. The molecule has 0 bridgehead atoms. The molecule has 0 aromatic heterocycles. The lowest BCUT2D eigenvalue weighted by atomic mass is 10.1. The third-order valence-corrected chi connectivity index (χ3v) is 4.65. The van der Waals surface area contributed by atoms with Gasteiger partial charge in [-0.3, -0.25) is 4.90 Å². The molecule has 0 saturated carbocycles. The summed E-state index contributed by atoms with van der Waals surface area (Å²) in [5.41, 5.74) is 0.529. The first-order chi connectivity index (χ1) is 9.09. The maximum Gasteiger partial charge on any atom is 0.144 e. The van der Waals surface area contributed by atoms with Crippen molar-refractivity contribution >= 4 is 31.9 Å². The van der Waals surface area contributed by atoms with Crippen LogP contribution in [-0.2, 0) is 11.2 Å². The smallest absolute Gasteiger partial charge is 0.144 e. The molecule has 1 aromatic carbocycles. The van der Waals surface area contributed by atoms with Crippen molar-refractivity contribution < 1.29 is 13.5 Å². The van der Waals surface area contributed by atoms with Crippen LogP contribution in [0.1, 0.15) is 12.0 Å². The minimum atomic E-state index is -0.582. The van der Waals surface area contributed by atoms with Crippen molar-refractivity contribution in [1.82, 2.24) is 4.90 Å². The summed E-state index contributed by atoms with van der Waals surface area (Å²) in [6.07, 6.45) is 1.43. The Labute approximate surface area is 128 Å². The first kappa shape index (κ1) is 15.4. The number of nitrogens with zero attached hydrogens (tertiary/aromatic N) is 1. The number of halogens is 4. The topological polar surface area (TPSA) is 12.5 Å². The highest BCUT2D eigenvalue weighted by Gasteiger charge is 2.16. The molecule has 0 spiro atoms. The third kappa shape index (κ3) is 3.97. The van der Waals surface area contributed by atoms with E-state index < -0.39 is 11.6 Å². The summed E-state index contributed by atoms with van der Waals surface area (Å²) in [5, 5.41) is 0. The highest BCUT2D eigenvalue weighted by molar-refractivity contribution is 9.11. The van der Waals surface area contributed by atoms with Crippen molar-refractivity contribution in [2.45, 2.75) is 12.8 Å². The minimum absolute atomic E-state index is 0.0860. The summed E-state index contributed by atoms with van der Waals surface area (Å²) >= 11 is 6.16. The van der Waals surface area contributed by atoms with E-state index in [4.69, 9.17) is 4.74 Å². The van der Waals surface area contributed by atoms with Crippen molar-refractivity contribution in [3.05, 3.63) is 32.2 Å². The molecule has 6 heteroatoms. The number of morpholine rings is 1. The molecular weight excluding hydrogens is 384 g/mol. The molecule has 0 N–H and O–H groups in total. The van der Waals surface area contributed by atoms with Gasteiger partial charge in [-0.15, -0.1) is 0 Å². The molecule has 0 radical (unpaired) electrons. The van der Waals surface area contributed by atoms with Gasteiger partial charge in [0.2, 0.25) is 0 Å². The zero-order valence-corrected chi connectivity index (χ0v) is 13.6. The van der Waals surface area contributed by atoms with Crippen molar-refractivity contribution in [2.75, 3.05) is 32.8 Å². The van der Waals surface area contributed by atoms with E-state index in [1.165, 1.54) is 6.07 Å². The second-order valence-electron chi connectivity index (χ2n) is 4.50. The molecule has 2 rings (SSSR count). The molecule has 0 amide bonds. The zero-order valence-electron chi connectivity index (χ0n) is 10.4. The van der Waals surface area contributed by atoms with Gasteiger partial charge in [-0.05, 0) is 41.4 Å². The monoisotopic (exact) mass is 397 g/mol. The van der Waals surface area contributed by atoms with Crippen LogP contribution in [0.4, 0.5) is 8.78 Å². The predicted octanol–water partition coefficient (Wildman–Crippen LogP) is 3.75. The summed E-state index contributed by atoms with van der Waals surface area (Å²) in [5.74, 6) is -1.09. The molecule has 1 fully saturated rings. The molecule has 1 saturated heterocycles. The van der Waals surface area contributed by atoms with Crippen molar-refractivity contribution in [3.63, 3.8) is 0 Å². The molecule has 1 heterocycles. The number of hydrogen-bond donors (Lipinski definition) is 0. The fraction of sp³-hybridized carbons (Fsp3) is 0.538. The lowest BCUT2D eigenvalue weighted by Gasteiger charge is -2.26. The number of hydrogen-bond acceptors (Lipinski definition) is 2. The Morgan fingerprint density at radius 3 is 2.58 bits per heavy atom. The highest BCUT2D eigenvalue weighted by Crippen LogP contribution is 2.30. The SMILES string of the molecule is Fc1cc(Br)c(CCCN2CCOCC2)c(F)c1Br. The average Bonchev–Trinajstić information content (AvgIpc) is 2.41. The molecule has 19 heavy (non-hydrogen) atoms. The quantitative estimate of drug-likeness (QED) is 0.565. The Kier molecular flexibility index (Phi) is 5.74. The van der Waals surface area contributed by atoms with Crippen molar-refractivity contribution in [3.8, 4) is 0 Å². The molecule has 0 unspecified atom stereocenters. The number of rotatable bonds is 4. The maximum atomic E-state index is 13.9. The molecule has 0 atom stereocenters. The summed E-state index contributed by atoms with van der Waals surface area (Å²) < 4.78 is 32.9. The van der Waals surface area contributed by atoms with Crippen molar-refractivity contribution in [1.29, 1.82) is 0 Å². The van der Waals surface area contributed by atoms with Crippen LogP contribution in [0.3, 0.4) is 0 Å². The van der Waals surface area contributed by atoms with E-state index in [0.717, 1.165) is 39.3 Å². The van der Waals surface area contributed by atoms with Gasteiger partial charge in [0, 0.05) is 23.1 Å². The Morgan fingerprint density at radius 2 is 1.89 bits per heavy atom. The largest absolute Gasteiger partial charge is 0.379 e. The summed E-state index contributed by atoms with van der Waals surface area (Å²) in [4.78, 5) is 2.30. The Balaban J connectivity index is 1.94. The van der Waals surface area contributed by atoms with Gasteiger partial charge in [0.1, 0.15) is 11.6 Å². The van der Waals surface area contributed by atoms with Crippen LogP contribution in [0.2, 0.25) is 0 Å². The summed E-state index contributed by atoms with van der Waals surface area (Å²) in [6, 6.07) is 1.30. The maximum absolute atomic E-state index is 13.9. The predicted molar refractivity (Wildman–Crippen MR) is 77.3 cm³/mol. The standard InChI is InChI=1S/C13H15Br2F2NO/c14-10-8-11(16)12(15)13(17)9(10)2-1-3-18-4-6-19-7-5-18/h8H,1-7H2. The van der Waals surface area contributed by atoms with Crippen LogP contribution in [0.5, 0.6) is 0 Å². The van der Waals surface area contributed by atoms with Gasteiger partial charge >= 0.3 is 0 Å². The van der Waals surface area contributed by atoms with Crippen LogP contribution in [-0.4, -0.2) is 37.7 Å². The lowest BCUT2D eigenvalue weighted by Crippen LogP contribution is -2.37. The van der Waals surface area contributed by atoms with Gasteiger partial charge < -0.3 is 4.74 Å². The van der Waals surface area contributed by atoms with E-state index in [2.05, 4.69) is 36.8 Å². The van der Waals surface area contributed by atoms with E-state index in [-0.39, 0.29) is 4.47 Å². The van der Waals surface area contributed by atoms with Crippen molar-refractivity contribution in [2.24, 2.45) is 0 Å². The van der Waals surface area contributed by atoms with Crippen LogP contribution < -0.4 is 0 Å². The van der Waals surface area contributed by atoms with Gasteiger partial charge in [-0.1, -0.05) is 15.9 Å². The average molecular weight is 399 g/mol. The Hall–Kier alpha value is -0.0400. The molecule has 2 nitrogen and oxygen atoms in total. The van der Waals surface area contributed by atoms with Gasteiger partial charge in [-0.2, -0.15) is 0 Å². The number of benzene rings is 1. The van der Waals surface area contributed by atoms with E-state index in [1.807, 2.05) is 0 Å². The number of ether oxygens (including phenoxy) is 1. The molecule has 0 aliphatic carbocycles. The van der Waals surface area contributed by atoms with Gasteiger partial charge in [0.05, 0.1) is 17.7 Å². The molecule has 1 aliphatic rings. The van der Waals surface area contributed by atoms with Gasteiger partial charge in [-0.25, -0.2) is 8.78 Å². The van der Waals surface area contributed by atoms with Gasteiger partial charge in [0.15, 0.2) is 0 Å². The minimum Gasteiger partial charge on any atom is -0.379 e. The molecule has 1 aromatic rings. The summed E-state index contributed by atoms with van der Waals surface area (Å²) in [7, 11) is 0. The Bertz CT molecular complexity index is 451. The van der Waals surface area contributed by atoms with Crippen LogP contribution in [0, 0.1) is 11.6 Å². The lowest BCUT2D eigenvalue weighted by molar-refractivity contribution is 0.0374. The third-order valence-electron chi connectivity index (χ3n) is 3.21. The second-order valence-corrected chi connectivity index (χ2v) is 6.15. The van der Waals surface area contributed by atoms with E-state index in [0.29, 0.717) is 16.5 Å².